The molecule has 0 spiro atoms. The molecule has 0 bridgehead atoms. The summed E-state index contributed by atoms with van der Waals surface area (Å²) in [6, 6.07) is 0. The van der Waals surface area contributed by atoms with E-state index >= 15 is 0 Å². The van der Waals surface area contributed by atoms with Crippen LogP contribution in [0.2, 0.25) is 0 Å². The fourth-order valence-electron chi connectivity index (χ4n) is 1.44. The molecule has 0 saturated heterocycles. The van der Waals surface area contributed by atoms with Gasteiger partial charge in [-0.25, -0.2) is 5.84 Å². The topological polar surface area (TPSA) is 62.9 Å². The summed E-state index contributed by atoms with van der Waals surface area (Å²) in [6.07, 6.45) is 0.918. The molecule has 5 heteroatoms. The average Bonchev–Trinajstić information content (AvgIpc) is 2.26. The normalized spacial score (nSPS) is 12.0. The highest BCUT2D eigenvalue weighted by Gasteiger charge is 2.09. The number of nitrogens with two attached hydrogens (primary N) is 1. The minimum atomic E-state index is 0.595. The number of hydrogen-bond donors (Lipinski definition) is 2. The lowest BCUT2D eigenvalue weighted by atomic mass is 10.2. The van der Waals surface area contributed by atoms with Crippen LogP contribution < -0.4 is 11.3 Å². The SMILES string of the molecule is CCN(CC(C)C)C(=NCCCOC)NN. The van der Waals surface area contributed by atoms with Gasteiger partial charge >= 0.3 is 0 Å². The van der Waals surface area contributed by atoms with Gasteiger partial charge in [0.05, 0.1) is 0 Å². The first-order valence-electron chi connectivity index (χ1n) is 5.90. The number of hydrogen-bond acceptors (Lipinski definition) is 3. The molecule has 0 amide bonds. The fraction of sp³-hybridized carbons (Fsp3) is 0.909. The van der Waals surface area contributed by atoms with Gasteiger partial charge in [0.2, 0.25) is 5.96 Å². The van der Waals surface area contributed by atoms with Crippen molar-refractivity contribution in [2.45, 2.75) is 27.2 Å². The van der Waals surface area contributed by atoms with Gasteiger partial charge in [-0.1, -0.05) is 13.8 Å². The fourth-order valence-corrected chi connectivity index (χ4v) is 1.44. The largest absolute Gasteiger partial charge is 0.385 e. The smallest absolute Gasteiger partial charge is 0.208 e. The minimum absolute atomic E-state index is 0.595. The third-order valence-electron chi connectivity index (χ3n) is 2.16. The molecule has 0 heterocycles. The lowest BCUT2D eigenvalue weighted by Crippen LogP contribution is -2.46. The van der Waals surface area contributed by atoms with Gasteiger partial charge in [0.25, 0.3) is 0 Å². The van der Waals surface area contributed by atoms with Gasteiger partial charge in [-0.15, -0.1) is 0 Å². The Bertz CT molecular complexity index is 194. The maximum Gasteiger partial charge on any atom is 0.208 e. The third-order valence-corrected chi connectivity index (χ3v) is 2.16. The van der Waals surface area contributed by atoms with Crippen molar-refractivity contribution in [1.82, 2.24) is 10.3 Å². The van der Waals surface area contributed by atoms with Crippen LogP contribution in [0.1, 0.15) is 27.2 Å². The molecule has 0 aliphatic carbocycles. The molecule has 0 unspecified atom stereocenters. The number of ether oxygens (including phenoxy) is 1. The van der Waals surface area contributed by atoms with Crippen molar-refractivity contribution < 1.29 is 4.74 Å². The number of nitrogens with one attached hydrogen (secondary N) is 1. The first kappa shape index (κ1) is 15.2. The first-order valence-corrected chi connectivity index (χ1v) is 5.90. The third kappa shape index (κ3) is 6.63. The van der Waals surface area contributed by atoms with Gasteiger partial charge in [0.1, 0.15) is 0 Å². The molecule has 0 aromatic rings. The molecular formula is C11H26N4O. The second-order valence-electron chi connectivity index (χ2n) is 4.13. The van der Waals surface area contributed by atoms with E-state index in [9.17, 15) is 0 Å². The molecule has 0 radical (unpaired) electrons. The summed E-state index contributed by atoms with van der Waals surface area (Å²) in [5, 5.41) is 0. The van der Waals surface area contributed by atoms with Crippen LogP contribution in [0.5, 0.6) is 0 Å². The Labute approximate surface area is 99.0 Å². The number of hydrazine groups is 1. The minimum Gasteiger partial charge on any atom is -0.385 e. The van der Waals surface area contributed by atoms with Crippen molar-refractivity contribution in [3.63, 3.8) is 0 Å². The van der Waals surface area contributed by atoms with E-state index < -0.39 is 0 Å². The summed E-state index contributed by atoms with van der Waals surface area (Å²) < 4.78 is 4.97. The molecule has 0 fully saturated rings. The number of guanidine groups is 1. The second-order valence-corrected chi connectivity index (χ2v) is 4.13. The first-order chi connectivity index (χ1) is 7.65. The van der Waals surface area contributed by atoms with Crippen LogP contribution in [-0.2, 0) is 4.74 Å². The quantitative estimate of drug-likeness (QED) is 0.223. The summed E-state index contributed by atoms with van der Waals surface area (Å²) in [4.78, 5) is 6.58. The van der Waals surface area contributed by atoms with Gasteiger partial charge in [0.15, 0.2) is 0 Å². The standard InChI is InChI=1S/C11H26N4O/c1-5-15(9-10(2)3)11(14-12)13-7-6-8-16-4/h10H,5-9,12H2,1-4H3,(H,13,14). The van der Waals surface area contributed by atoms with Crippen molar-refractivity contribution >= 4 is 5.96 Å². The van der Waals surface area contributed by atoms with Gasteiger partial charge in [-0.3, -0.25) is 10.4 Å². The number of methoxy groups -OCH3 is 1. The van der Waals surface area contributed by atoms with Crippen LogP contribution in [0, 0.1) is 5.92 Å². The highest BCUT2D eigenvalue weighted by Crippen LogP contribution is 1.99. The zero-order valence-corrected chi connectivity index (χ0v) is 11.0. The Morgan fingerprint density at radius 3 is 2.62 bits per heavy atom. The molecule has 16 heavy (non-hydrogen) atoms. The predicted molar refractivity (Wildman–Crippen MR) is 68.2 cm³/mol. The summed E-state index contributed by atoms with van der Waals surface area (Å²) in [5.74, 6) is 6.85. The van der Waals surface area contributed by atoms with Crippen LogP contribution in [0.4, 0.5) is 0 Å². The predicted octanol–water partition coefficient (Wildman–Crippen LogP) is 0.820. The van der Waals surface area contributed by atoms with E-state index in [0.29, 0.717) is 5.92 Å². The van der Waals surface area contributed by atoms with Crippen molar-refractivity contribution in [2.75, 3.05) is 33.4 Å². The summed E-state index contributed by atoms with van der Waals surface area (Å²) in [7, 11) is 1.70. The maximum atomic E-state index is 5.49. The molecular weight excluding hydrogens is 204 g/mol. The number of aliphatic imine (C=N–C) groups is 1. The van der Waals surface area contributed by atoms with Gasteiger partial charge in [-0.2, -0.15) is 0 Å². The highest BCUT2D eigenvalue weighted by atomic mass is 16.5. The van der Waals surface area contributed by atoms with Crippen molar-refractivity contribution in [3.05, 3.63) is 0 Å². The van der Waals surface area contributed by atoms with Crippen molar-refractivity contribution in [1.29, 1.82) is 0 Å². The van der Waals surface area contributed by atoms with E-state index in [2.05, 4.69) is 36.1 Å². The van der Waals surface area contributed by atoms with Crippen LogP contribution in [0.25, 0.3) is 0 Å². The number of nitrogens with zero attached hydrogens (tertiary/aromatic N) is 2. The monoisotopic (exact) mass is 230 g/mol. The van der Waals surface area contributed by atoms with Gasteiger partial charge in [-0.05, 0) is 19.3 Å². The Morgan fingerprint density at radius 2 is 2.19 bits per heavy atom. The van der Waals surface area contributed by atoms with E-state index in [4.69, 9.17) is 10.6 Å². The van der Waals surface area contributed by atoms with Crippen LogP contribution in [0.3, 0.4) is 0 Å². The van der Waals surface area contributed by atoms with Gasteiger partial charge < -0.3 is 9.64 Å². The van der Waals surface area contributed by atoms with Crippen molar-refractivity contribution in [3.8, 4) is 0 Å². The number of rotatable bonds is 7. The molecule has 5 nitrogen and oxygen atoms in total. The molecule has 96 valence electrons. The summed E-state index contributed by atoms with van der Waals surface area (Å²) in [5.41, 5.74) is 2.67. The van der Waals surface area contributed by atoms with E-state index in [1.807, 2.05) is 0 Å². The molecule has 0 rings (SSSR count). The molecule has 0 aliphatic heterocycles. The van der Waals surface area contributed by atoms with Crippen LogP contribution in [0.15, 0.2) is 4.99 Å². The van der Waals surface area contributed by atoms with Gasteiger partial charge in [0, 0.05) is 33.4 Å². The molecule has 0 aromatic heterocycles. The van der Waals surface area contributed by atoms with Crippen molar-refractivity contribution in [2.24, 2.45) is 16.8 Å². The molecule has 0 atom stereocenters. The molecule has 3 N–H and O–H groups in total. The second kappa shape index (κ2) is 9.42. The van der Waals surface area contributed by atoms with E-state index in [1.54, 1.807) is 7.11 Å². The van der Waals surface area contributed by atoms with E-state index in [0.717, 1.165) is 38.6 Å². The zero-order chi connectivity index (χ0) is 12.4. The molecule has 0 aromatic carbocycles. The summed E-state index contributed by atoms with van der Waals surface area (Å²) >= 11 is 0. The van der Waals surface area contributed by atoms with E-state index in [-0.39, 0.29) is 0 Å². The lowest BCUT2D eigenvalue weighted by molar-refractivity contribution is 0.197. The Morgan fingerprint density at radius 1 is 1.50 bits per heavy atom. The Hall–Kier alpha value is -0.810. The molecule has 0 saturated carbocycles. The Balaban J connectivity index is 4.19. The van der Waals surface area contributed by atoms with Crippen LogP contribution >= 0.6 is 0 Å². The van der Waals surface area contributed by atoms with E-state index in [1.165, 1.54) is 0 Å². The Kier molecular flexibility index (Phi) is 8.94. The average molecular weight is 230 g/mol. The lowest BCUT2D eigenvalue weighted by Gasteiger charge is -2.25. The maximum absolute atomic E-state index is 5.49. The molecule has 0 aliphatic rings. The summed E-state index contributed by atoms with van der Waals surface area (Å²) in [6.45, 7) is 9.81. The zero-order valence-electron chi connectivity index (χ0n) is 11.0. The highest BCUT2D eigenvalue weighted by molar-refractivity contribution is 5.79. The van der Waals surface area contributed by atoms with Crippen LogP contribution in [-0.4, -0.2) is 44.2 Å².